The molecule has 4 rings (SSSR count). The Hall–Kier alpha value is -0.915. The average molecular weight is 224 g/mol. The molecule has 1 aromatic rings. The van der Waals surface area contributed by atoms with Gasteiger partial charge in [-0.1, -0.05) is 12.1 Å². The molecule has 0 N–H and O–H groups in total. The number of hydrogen-bond donors (Lipinski definition) is 0. The van der Waals surface area contributed by atoms with Crippen LogP contribution >= 0.6 is 0 Å². The fraction of sp³-hybridized carbons (Fsp3) is 0.778. The topological polar surface area (TPSA) is 58.4 Å². The van der Waals surface area contributed by atoms with Gasteiger partial charge >= 0.3 is 6.75 Å². The van der Waals surface area contributed by atoms with Crippen molar-refractivity contribution >= 4 is 12.3 Å². The van der Waals surface area contributed by atoms with Crippen LogP contribution in [0.5, 0.6) is 0 Å². The van der Waals surface area contributed by atoms with Crippen LogP contribution in [0.15, 0.2) is 6.20 Å². The summed E-state index contributed by atoms with van der Waals surface area (Å²) in [5, 5.41) is 7.86. The van der Waals surface area contributed by atoms with Gasteiger partial charge in [0.1, 0.15) is 0 Å². The van der Waals surface area contributed by atoms with E-state index in [0.717, 1.165) is 12.1 Å². The van der Waals surface area contributed by atoms with E-state index in [4.69, 9.17) is 14.0 Å². The highest BCUT2D eigenvalue weighted by Crippen LogP contribution is 2.34. The van der Waals surface area contributed by atoms with Gasteiger partial charge in [0.2, 0.25) is 0 Å². The lowest BCUT2D eigenvalue weighted by Crippen LogP contribution is -2.70. The maximum Gasteiger partial charge on any atom is 0.428 e. The van der Waals surface area contributed by atoms with Crippen LogP contribution in [0.4, 0.5) is 0 Å². The molecule has 0 saturated carbocycles. The molecule has 3 aliphatic rings. The SMILES string of the molecule is CCn1nncc1[B-]12OCC(C)(CO1)CO2. The van der Waals surface area contributed by atoms with Crippen LogP contribution in [0.1, 0.15) is 13.8 Å². The molecule has 3 saturated heterocycles. The third kappa shape index (κ3) is 1.32. The smallest absolute Gasteiger partial charge is 0.428 e. The predicted octanol–water partition coefficient (Wildman–Crippen LogP) is -0.473. The lowest BCUT2D eigenvalue weighted by Gasteiger charge is -2.57. The molecule has 0 spiro atoms. The molecule has 0 atom stereocenters. The lowest BCUT2D eigenvalue weighted by atomic mass is 9.68. The first kappa shape index (κ1) is 10.3. The van der Waals surface area contributed by atoms with Gasteiger partial charge in [0, 0.05) is 38.0 Å². The number of rotatable bonds is 2. The van der Waals surface area contributed by atoms with E-state index in [1.165, 1.54) is 0 Å². The van der Waals surface area contributed by atoms with Gasteiger partial charge in [0.25, 0.3) is 0 Å². The first-order valence-corrected chi connectivity index (χ1v) is 5.62. The zero-order valence-electron chi connectivity index (χ0n) is 9.55. The van der Waals surface area contributed by atoms with Crippen molar-refractivity contribution in [3.63, 3.8) is 0 Å². The Balaban J connectivity index is 1.95. The molecule has 0 amide bonds. The molecule has 6 nitrogen and oxygen atoms in total. The Morgan fingerprint density at radius 3 is 2.56 bits per heavy atom. The number of nitrogens with zero attached hydrogens (tertiary/aromatic N) is 3. The maximum absolute atomic E-state index is 5.77. The van der Waals surface area contributed by atoms with Crippen molar-refractivity contribution < 1.29 is 14.0 Å². The van der Waals surface area contributed by atoms with Gasteiger partial charge in [0.15, 0.2) is 0 Å². The molecule has 3 aliphatic heterocycles. The summed E-state index contributed by atoms with van der Waals surface area (Å²) in [4.78, 5) is 0. The largest absolute Gasteiger partial charge is 0.539 e. The Morgan fingerprint density at radius 2 is 2.00 bits per heavy atom. The van der Waals surface area contributed by atoms with E-state index in [1.54, 1.807) is 10.9 Å². The van der Waals surface area contributed by atoms with Crippen molar-refractivity contribution in [3.8, 4) is 0 Å². The van der Waals surface area contributed by atoms with E-state index in [2.05, 4.69) is 17.2 Å². The summed E-state index contributed by atoms with van der Waals surface area (Å²) in [7, 11) is 0. The predicted molar refractivity (Wildman–Crippen MR) is 57.0 cm³/mol. The third-order valence-corrected chi connectivity index (χ3v) is 3.26. The minimum absolute atomic E-state index is 0.00596. The normalized spacial score (nSPS) is 37.9. The Labute approximate surface area is 93.9 Å². The second-order valence-electron chi connectivity index (χ2n) is 4.86. The van der Waals surface area contributed by atoms with Crippen molar-refractivity contribution in [2.24, 2.45) is 5.41 Å². The number of hydrogen-bond acceptors (Lipinski definition) is 5. The standard InChI is InChI=1S/C9H15BN3O3/c1-3-13-8(4-11-12-13)10-14-5-9(2,6-15-10)7-16-10/h4H,3,5-7H2,1-2H3/q-1. The second kappa shape index (κ2) is 3.29. The van der Waals surface area contributed by atoms with Crippen molar-refractivity contribution in [1.29, 1.82) is 0 Å². The summed E-state index contributed by atoms with van der Waals surface area (Å²) in [6.45, 7) is 5.03. The van der Waals surface area contributed by atoms with E-state index < -0.39 is 6.75 Å². The lowest BCUT2D eigenvalue weighted by molar-refractivity contribution is -0.120. The van der Waals surface area contributed by atoms with Gasteiger partial charge in [-0.3, -0.25) is 4.68 Å². The molecule has 0 aliphatic carbocycles. The fourth-order valence-corrected chi connectivity index (χ4v) is 2.24. The van der Waals surface area contributed by atoms with E-state index in [0.29, 0.717) is 19.8 Å². The zero-order chi connectivity index (χ0) is 11.2. The van der Waals surface area contributed by atoms with Crippen LogP contribution in [-0.4, -0.2) is 41.6 Å². The van der Waals surface area contributed by atoms with Crippen molar-refractivity contribution in [3.05, 3.63) is 6.20 Å². The van der Waals surface area contributed by atoms with Crippen molar-refractivity contribution in [2.45, 2.75) is 20.4 Å². The number of fused-ring (bicyclic) bond motifs is 3. The fourth-order valence-electron chi connectivity index (χ4n) is 2.24. The molecule has 16 heavy (non-hydrogen) atoms. The average Bonchev–Trinajstić information content (AvgIpc) is 2.79. The molecule has 0 aromatic carbocycles. The minimum Gasteiger partial charge on any atom is -0.539 e. The van der Waals surface area contributed by atoms with E-state index in [1.807, 2.05) is 6.92 Å². The van der Waals surface area contributed by atoms with Crippen LogP contribution in [0, 0.1) is 5.41 Å². The summed E-state index contributed by atoms with van der Waals surface area (Å²) in [6.07, 6.45) is 1.66. The highest BCUT2D eigenvalue weighted by molar-refractivity contribution is 6.75. The molecule has 3 fully saturated rings. The second-order valence-corrected chi connectivity index (χ2v) is 4.86. The molecule has 4 heterocycles. The summed E-state index contributed by atoms with van der Waals surface area (Å²) in [5.74, 6) is 0. The maximum atomic E-state index is 5.77. The van der Waals surface area contributed by atoms with Gasteiger partial charge in [0.05, 0.1) is 0 Å². The quantitative estimate of drug-likeness (QED) is 0.635. The summed E-state index contributed by atoms with van der Waals surface area (Å²) in [5.41, 5.74) is 0.790. The van der Waals surface area contributed by atoms with Gasteiger partial charge < -0.3 is 14.0 Å². The number of aromatic nitrogens is 3. The van der Waals surface area contributed by atoms with Crippen LogP contribution in [-0.2, 0) is 20.5 Å². The Morgan fingerprint density at radius 1 is 1.38 bits per heavy atom. The molecule has 7 heteroatoms. The van der Waals surface area contributed by atoms with E-state index >= 15 is 0 Å². The highest BCUT2D eigenvalue weighted by atomic mass is 16.8. The summed E-state index contributed by atoms with van der Waals surface area (Å²) < 4.78 is 19.1. The molecule has 0 radical (unpaired) electrons. The van der Waals surface area contributed by atoms with Crippen LogP contribution in [0.2, 0.25) is 0 Å². The van der Waals surface area contributed by atoms with Crippen LogP contribution in [0.3, 0.4) is 0 Å². The third-order valence-electron chi connectivity index (χ3n) is 3.26. The molecular weight excluding hydrogens is 209 g/mol. The molecular formula is C9H15BN3O3-. The first-order valence-electron chi connectivity index (χ1n) is 5.62. The van der Waals surface area contributed by atoms with E-state index in [-0.39, 0.29) is 5.41 Å². The van der Waals surface area contributed by atoms with Gasteiger partial charge in [-0.15, -0.1) is 5.10 Å². The monoisotopic (exact) mass is 224 g/mol. The van der Waals surface area contributed by atoms with Crippen molar-refractivity contribution in [2.75, 3.05) is 19.8 Å². The summed E-state index contributed by atoms with van der Waals surface area (Å²) >= 11 is 0. The molecule has 88 valence electrons. The van der Waals surface area contributed by atoms with Crippen LogP contribution < -0.4 is 5.59 Å². The van der Waals surface area contributed by atoms with Crippen molar-refractivity contribution in [1.82, 2.24) is 15.0 Å². The minimum atomic E-state index is -1.81. The molecule has 0 unspecified atom stereocenters. The highest BCUT2D eigenvalue weighted by Gasteiger charge is 2.48. The summed E-state index contributed by atoms with van der Waals surface area (Å²) in [6, 6.07) is 0. The van der Waals surface area contributed by atoms with Gasteiger partial charge in [-0.05, 0) is 12.5 Å². The van der Waals surface area contributed by atoms with Crippen LogP contribution in [0.25, 0.3) is 0 Å². The van der Waals surface area contributed by atoms with E-state index in [9.17, 15) is 0 Å². The Kier molecular flexibility index (Phi) is 2.11. The number of aryl methyl sites for hydroxylation is 1. The first-order chi connectivity index (χ1) is 7.68. The molecule has 1 aromatic heterocycles. The molecule has 2 bridgehead atoms. The zero-order valence-corrected chi connectivity index (χ0v) is 9.55. The Bertz CT molecular complexity index is 384. The van der Waals surface area contributed by atoms with Gasteiger partial charge in [-0.2, -0.15) is 0 Å². The van der Waals surface area contributed by atoms with Gasteiger partial charge in [-0.25, -0.2) is 0 Å².